The highest BCUT2D eigenvalue weighted by Crippen LogP contribution is 2.25. The molecule has 0 radical (unpaired) electrons. The van der Waals surface area contributed by atoms with Crippen LogP contribution in [0.5, 0.6) is 0 Å². The van der Waals surface area contributed by atoms with Gasteiger partial charge in [-0.15, -0.1) is 0 Å². The second-order valence-electron chi connectivity index (χ2n) is 3.62. The van der Waals surface area contributed by atoms with Crippen LogP contribution in [0.25, 0.3) is 5.69 Å². The van der Waals surface area contributed by atoms with Crippen molar-refractivity contribution >= 4 is 23.2 Å². The molecule has 0 fully saturated rings. The third-order valence-corrected chi connectivity index (χ3v) is 2.89. The molecule has 0 bridgehead atoms. The second-order valence-corrected chi connectivity index (χ2v) is 4.46. The Hall–Kier alpha value is -1.50. The lowest BCUT2D eigenvalue weighted by molar-refractivity contribution is 0.827. The van der Waals surface area contributed by atoms with Crippen LogP contribution in [-0.2, 0) is 6.42 Å². The maximum Gasteiger partial charge on any atom is 0.0849 e. The van der Waals surface area contributed by atoms with Crippen molar-refractivity contribution in [2.75, 3.05) is 0 Å². The first-order chi connectivity index (χ1) is 8.11. The predicted octanol–water partition coefficient (Wildman–Crippen LogP) is 3.55. The van der Waals surface area contributed by atoms with Gasteiger partial charge in [0.1, 0.15) is 0 Å². The molecule has 1 aromatic carbocycles. The number of aryl methyl sites for hydroxylation is 1. The van der Waals surface area contributed by atoms with Gasteiger partial charge >= 0.3 is 0 Å². The number of benzene rings is 1. The van der Waals surface area contributed by atoms with Gasteiger partial charge in [-0.2, -0.15) is 10.4 Å². The molecule has 0 saturated carbocycles. The van der Waals surface area contributed by atoms with Crippen molar-refractivity contribution in [1.29, 1.82) is 5.26 Å². The van der Waals surface area contributed by atoms with Crippen molar-refractivity contribution in [2.24, 2.45) is 0 Å². The van der Waals surface area contributed by atoms with Crippen LogP contribution < -0.4 is 0 Å². The fraction of sp³-hybridized carbons (Fsp3) is 0.167. The van der Waals surface area contributed by atoms with E-state index in [0.717, 1.165) is 17.1 Å². The summed E-state index contributed by atoms with van der Waals surface area (Å²) >= 11 is 12.0. The summed E-state index contributed by atoms with van der Waals surface area (Å²) in [5.74, 6) is 0. The minimum Gasteiger partial charge on any atom is -0.236 e. The summed E-state index contributed by atoms with van der Waals surface area (Å²) in [5, 5.41) is 14.1. The Morgan fingerprint density at radius 3 is 2.82 bits per heavy atom. The molecule has 1 heterocycles. The molecule has 0 spiro atoms. The SMILES string of the molecule is Cc1cc(CC#N)nn1-c1cc(Cl)ccc1Cl. The fourth-order valence-electron chi connectivity index (χ4n) is 1.60. The molecule has 2 rings (SSSR count). The summed E-state index contributed by atoms with van der Waals surface area (Å²) in [7, 11) is 0. The molecule has 0 aliphatic carbocycles. The van der Waals surface area contributed by atoms with Crippen molar-refractivity contribution in [3.8, 4) is 11.8 Å². The van der Waals surface area contributed by atoms with E-state index in [-0.39, 0.29) is 6.42 Å². The Balaban J connectivity index is 2.53. The van der Waals surface area contributed by atoms with Crippen LogP contribution in [0.15, 0.2) is 24.3 Å². The number of aromatic nitrogens is 2. The van der Waals surface area contributed by atoms with Crippen molar-refractivity contribution in [1.82, 2.24) is 9.78 Å². The topological polar surface area (TPSA) is 41.6 Å². The second kappa shape index (κ2) is 4.79. The van der Waals surface area contributed by atoms with Gasteiger partial charge in [-0.25, -0.2) is 4.68 Å². The largest absolute Gasteiger partial charge is 0.236 e. The van der Waals surface area contributed by atoms with Gasteiger partial charge < -0.3 is 0 Å². The maximum atomic E-state index is 8.64. The predicted molar refractivity (Wildman–Crippen MR) is 67.6 cm³/mol. The molecule has 5 heteroatoms. The van der Waals surface area contributed by atoms with E-state index in [4.69, 9.17) is 28.5 Å². The van der Waals surface area contributed by atoms with Gasteiger partial charge in [-0.1, -0.05) is 23.2 Å². The molecule has 0 amide bonds. The zero-order valence-electron chi connectivity index (χ0n) is 9.11. The first-order valence-electron chi connectivity index (χ1n) is 4.99. The van der Waals surface area contributed by atoms with Gasteiger partial charge in [0, 0.05) is 10.7 Å². The van der Waals surface area contributed by atoms with Gasteiger partial charge in [0.2, 0.25) is 0 Å². The lowest BCUT2D eigenvalue weighted by Gasteiger charge is -2.06. The van der Waals surface area contributed by atoms with E-state index in [1.807, 2.05) is 13.0 Å². The van der Waals surface area contributed by atoms with E-state index in [1.165, 1.54) is 0 Å². The monoisotopic (exact) mass is 265 g/mol. The van der Waals surface area contributed by atoms with E-state index < -0.39 is 0 Å². The van der Waals surface area contributed by atoms with Crippen molar-refractivity contribution < 1.29 is 0 Å². The normalized spacial score (nSPS) is 10.2. The van der Waals surface area contributed by atoms with Crippen molar-refractivity contribution in [3.63, 3.8) is 0 Å². The Morgan fingerprint density at radius 2 is 2.12 bits per heavy atom. The minimum absolute atomic E-state index is 0.284. The Morgan fingerprint density at radius 1 is 1.35 bits per heavy atom. The third kappa shape index (κ3) is 2.44. The quantitative estimate of drug-likeness (QED) is 0.834. The summed E-state index contributed by atoms with van der Waals surface area (Å²) in [4.78, 5) is 0. The molecule has 1 aromatic heterocycles. The number of nitrogens with zero attached hydrogens (tertiary/aromatic N) is 3. The first kappa shape index (κ1) is 12.0. The smallest absolute Gasteiger partial charge is 0.0849 e. The minimum atomic E-state index is 0.284. The first-order valence-corrected chi connectivity index (χ1v) is 5.75. The summed E-state index contributed by atoms with van der Waals surface area (Å²) in [5.41, 5.74) is 2.36. The fourth-order valence-corrected chi connectivity index (χ4v) is 1.96. The molecule has 0 saturated heterocycles. The van der Waals surface area contributed by atoms with E-state index in [9.17, 15) is 0 Å². The molecular weight excluding hydrogens is 257 g/mol. The molecule has 0 atom stereocenters. The third-order valence-electron chi connectivity index (χ3n) is 2.33. The van der Waals surface area contributed by atoms with Gasteiger partial charge in [-0.05, 0) is 31.2 Å². The average molecular weight is 266 g/mol. The highest BCUT2D eigenvalue weighted by molar-refractivity contribution is 6.34. The highest BCUT2D eigenvalue weighted by atomic mass is 35.5. The molecule has 0 aliphatic rings. The number of rotatable bonds is 2. The van der Waals surface area contributed by atoms with E-state index in [1.54, 1.807) is 22.9 Å². The zero-order chi connectivity index (χ0) is 12.4. The van der Waals surface area contributed by atoms with Crippen molar-refractivity contribution in [3.05, 3.63) is 45.7 Å². The summed E-state index contributed by atoms with van der Waals surface area (Å²) in [6.45, 7) is 1.91. The number of hydrogen-bond donors (Lipinski definition) is 0. The zero-order valence-corrected chi connectivity index (χ0v) is 10.6. The van der Waals surface area contributed by atoms with Gasteiger partial charge in [0.25, 0.3) is 0 Å². The van der Waals surface area contributed by atoms with Crippen LogP contribution in [0.1, 0.15) is 11.4 Å². The molecule has 17 heavy (non-hydrogen) atoms. The number of hydrogen-bond acceptors (Lipinski definition) is 2. The van der Waals surface area contributed by atoms with Gasteiger partial charge in [0.05, 0.1) is 28.9 Å². The molecule has 86 valence electrons. The van der Waals surface area contributed by atoms with Gasteiger partial charge in [-0.3, -0.25) is 0 Å². The number of nitriles is 1. The lowest BCUT2D eigenvalue weighted by atomic mass is 10.3. The van der Waals surface area contributed by atoms with Crippen molar-refractivity contribution in [2.45, 2.75) is 13.3 Å². The van der Waals surface area contributed by atoms with Crippen LogP contribution in [0.4, 0.5) is 0 Å². The summed E-state index contributed by atoms with van der Waals surface area (Å²) in [6.07, 6.45) is 0.284. The van der Waals surface area contributed by atoms with Crippen LogP contribution >= 0.6 is 23.2 Å². The standard InChI is InChI=1S/C12H9Cl2N3/c1-8-6-10(4-5-15)16-17(8)12-7-9(13)2-3-11(12)14/h2-3,6-7H,4H2,1H3. The molecule has 0 aliphatic heterocycles. The van der Waals surface area contributed by atoms with Crippen LogP contribution in [-0.4, -0.2) is 9.78 Å². The Kier molecular flexibility index (Phi) is 3.37. The summed E-state index contributed by atoms with van der Waals surface area (Å²) in [6, 6.07) is 9.13. The van der Waals surface area contributed by atoms with Crippen LogP contribution in [0.3, 0.4) is 0 Å². The van der Waals surface area contributed by atoms with Gasteiger partial charge in [0.15, 0.2) is 0 Å². The lowest BCUT2D eigenvalue weighted by Crippen LogP contribution is -2.00. The van der Waals surface area contributed by atoms with E-state index in [2.05, 4.69) is 11.2 Å². The number of halogens is 2. The Labute approximate surface area is 109 Å². The average Bonchev–Trinajstić information content (AvgIpc) is 2.64. The Bertz CT molecular complexity index is 596. The molecule has 3 nitrogen and oxygen atoms in total. The molecule has 0 N–H and O–H groups in total. The molecule has 2 aromatic rings. The van der Waals surface area contributed by atoms with E-state index in [0.29, 0.717) is 10.0 Å². The highest BCUT2D eigenvalue weighted by Gasteiger charge is 2.09. The molecule has 0 unspecified atom stereocenters. The molecular formula is C12H9Cl2N3. The van der Waals surface area contributed by atoms with E-state index >= 15 is 0 Å². The maximum absolute atomic E-state index is 8.64. The van der Waals surface area contributed by atoms with Crippen LogP contribution in [0.2, 0.25) is 10.0 Å². The van der Waals surface area contributed by atoms with Crippen LogP contribution in [0, 0.1) is 18.3 Å². The summed E-state index contributed by atoms with van der Waals surface area (Å²) < 4.78 is 1.70.